The first-order valence-electron chi connectivity index (χ1n) is 8.35. The second-order valence-electron chi connectivity index (χ2n) is 6.64. The summed E-state index contributed by atoms with van der Waals surface area (Å²) in [7, 11) is 0. The Morgan fingerprint density at radius 1 is 0.952 bits per heavy atom. The van der Waals surface area contributed by atoms with Gasteiger partial charge in [-0.3, -0.25) is 4.79 Å². The first kappa shape index (κ1) is 14.8. The molecule has 0 radical (unpaired) electrons. The Morgan fingerprint density at radius 3 is 2.43 bits per heavy atom. The van der Waals surface area contributed by atoms with Gasteiger partial charge in [-0.05, 0) is 50.9 Å². The molecule has 21 heavy (non-hydrogen) atoms. The summed E-state index contributed by atoms with van der Waals surface area (Å²) < 4.78 is 5.62. The highest BCUT2D eigenvalue weighted by molar-refractivity contribution is 5.87. The molecule has 0 aromatic carbocycles. The predicted octanol–water partition coefficient (Wildman–Crippen LogP) is 2.19. The van der Waals surface area contributed by atoms with Gasteiger partial charge in [0.25, 0.3) is 5.91 Å². The molecule has 1 aliphatic carbocycles. The molecule has 2 saturated heterocycles. The summed E-state index contributed by atoms with van der Waals surface area (Å²) in [6, 6.07) is -0.533. The zero-order valence-electron chi connectivity index (χ0n) is 12.5. The molecular formula is C16H25NO4. The lowest BCUT2D eigenvalue weighted by molar-refractivity contribution is -0.166. The number of aliphatic carboxylic acids is 1. The summed E-state index contributed by atoms with van der Waals surface area (Å²) in [6.45, 7) is 0.621. The third-order valence-electron chi connectivity index (χ3n) is 5.37. The Labute approximate surface area is 125 Å². The molecule has 118 valence electrons. The smallest absolute Gasteiger partial charge is 0.326 e. The highest BCUT2D eigenvalue weighted by Crippen LogP contribution is 2.38. The van der Waals surface area contributed by atoms with E-state index in [-0.39, 0.29) is 11.9 Å². The van der Waals surface area contributed by atoms with E-state index in [1.807, 2.05) is 0 Å². The minimum absolute atomic E-state index is 0.0706. The molecule has 2 heterocycles. The largest absolute Gasteiger partial charge is 0.480 e. The topological polar surface area (TPSA) is 66.8 Å². The molecule has 4 atom stereocenters. The first-order valence-corrected chi connectivity index (χ1v) is 8.35. The van der Waals surface area contributed by atoms with Crippen molar-refractivity contribution in [2.24, 2.45) is 5.92 Å². The number of nitrogens with zero attached hydrogens (tertiary/aromatic N) is 1. The number of rotatable bonds is 2. The average molecular weight is 295 g/mol. The summed E-state index contributed by atoms with van der Waals surface area (Å²) in [4.78, 5) is 26.2. The van der Waals surface area contributed by atoms with Crippen molar-refractivity contribution >= 4 is 11.9 Å². The van der Waals surface area contributed by atoms with Gasteiger partial charge in [0.05, 0.1) is 0 Å². The van der Waals surface area contributed by atoms with Crippen molar-refractivity contribution < 1.29 is 19.4 Å². The lowest BCUT2D eigenvalue weighted by atomic mass is 9.76. The maximum absolute atomic E-state index is 12.9. The molecule has 5 nitrogen and oxygen atoms in total. The zero-order valence-corrected chi connectivity index (χ0v) is 12.5. The fraction of sp³-hybridized carbons (Fsp3) is 0.875. The van der Waals surface area contributed by atoms with Crippen LogP contribution in [0.15, 0.2) is 0 Å². The number of ether oxygens (including phenoxy) is 1. The van der Waals surface area contributed by atoms with Crippen LogP contribution in [0.25, 0.3) is 0 Å². The van der Waals surface area contributed by atoms with Crippen LogP contribution in [0.2, 0.25) is 0 Å². The van der Waals surface area contributed by atoms with Gasteiger partial charge in [-0.2, -0.15) is 0 Å². The Balaban J connectivity index is 1.81. The van der Waals surface area contributed by atoms with Crippen molar-refractivity contribution in [1.29, 1.82) is 0 Å². The molecule has 4 unspecified atom stereocenters. The highest BCUT2D eigenvalue weighted by Gasteiger charge is 2.45. The van der Waals surface area contributed by atoms with Gasteiger partial charge in [0.2, 0.25) is 0 Å². The van der Waals surface area contributed by atoms with Crippen LogP contribution < -0.4 is 0 Å². The molecule has 0 bridgehead atoms. The third-order valence-corrected chi connectivity index (χ3v) is 5.37. The Morgan fingerprint density at radius 2 is 1.71 bits per heavy atom. The number of piperidine rings is 1. The number of carboxylic acid groups (broad SMARTS) is 1. The van der Waals surface area contributed by atoms with Crippen LogP contribution in [0.4, 0.5) is 0 Å². The fourth-order valence-electron chi connectivity index (χ4n) is 4.29. The molecule has 5 heteroatoms. The highest BCUT2D eigenvalue weighted by atomic mass is 16.5. The lowest BCUT2D eigenvalue weighted by Crippen LogP contribution is -2.60. The molecule has 3 aliphatic rings. The minimum atomic E-state index is -0.858. The Hall–Kier alpha value is -1.10. The lowest BCUT2D eigenvalue weighted by Gasteiger charge is -2.48. The fourth-order valence-corrected chi connectivity index (χ4v) is 4.29. The van der Waals surface area contributed by atoms with E-state index in [1.54, 1.807) is 4.90 Å². The number of carbonyl (C=O) groups is 2. The van der Waals surface area contributed by atoms with Crippen LogP contribution in [0, 0.1) is 5.92 Å². The number of fused-ring (bicyclic) bond motifs is 1. The summed E-state index contributed by atoms with van der Waals surface area (Å²) in [5.74, 6) is -0.441. The summed E-state index contributed by atoms with van der Waals surface area (Å²) >= 11 is 0. The van der Waals surface area contributed by atoms with Crippen molar-refractivity contribution in [3.05, 3.63) is 0 Å². The van der Waals surface area contributed by atoms with Crippen LogP contribution in [-0.2, 0) is 14.3 Å². The molecule has 0 aromatic heterocycles. The van der Waals surface area contributed by atoms with Crippen molar-refractivity contribution in [3.63, 3.8) is 0 Å². The number of hydrogen-bond acceptors (Lipinski definition) is 3. The summed E-state index contributed by atoms with van der Waals surface area (Å²) in [5, 5.41) is 9.51. The third kappa shape index (κ3) is 2.93. The zero-order chi connectivity index (χ0) is 14.8. The van der Waals surface area contributed by atoms with Gasteiger partial charge < -0.3 is 14.7 Å². The van der Waals surface area contributed by atoms with E-state index >= 15 is 0 Å². The molecule has 1 amide bonds. The van der Waals surface area contributed by atoms with Crippen molar-refractivity contribution in [3.8, 4) is 0 Å². The van der Waals surface area contributed by atoms with Crippen LogP contribution >= 0.6 is 0 Å². The van der Waals surface area contributed by atoms with E-state index in [0.29, 0.717) is 18.9 Å². The van der Waals surface area contributed by atoms with E-state index in [0.717, 1.165) is 44.9 Å². The monoisotopic (exact) mass is 295 g/mol. The molecule has 1 saturated carbocycles. The van der Waals surface area contributed by atoms with E-state index in [9.17, 15) is 14.7 Å². The van der Waals surface area contributed by atoms with Crippen molar-refractivity contribution in [2.75, 3.05) is 6.61 Å². The van der Waals surface area contributed by atoms with Gasteiger partial charge in [-0.15, -0.1) is 0 Å². The van der Waals surface area contributed by atoms with Gasteiger partial charge in [0.15, 0.2) is 0 Å². The average Bonchev–Trinajstić information content (AvgIpc) is 2.53. The molecule has 3 rings (SSSR count). The van der Waals surface area contributed by atoms with E-state index in [2.05, 4.69) is 0 Å². The molecule has 2 aliphatic heterocycles. The SMILES string of the molecule is O=C(O)C1CCC2CCCCC2N1C(=O)C1CCCCO1. The number of carbonyl (C=O) groups excluding carboxylic acids is 1. The normalized spacial score (nSPS) is 36.9. The molecule has 3 fully saturated rings. The summed E-state index contributed by atoms with van der Waals surface area (Å²) in [6.07, 6.45) is 8.24. The van der Waals surface area contributed by atoms with E-state index in [4.69, 9.17) is 4.74 Å². The number of carboxylic acids is 1. The maximum Gasteiger partial charge on any atom is 0.326 e. The van der Waals surface area contributed by atoms with Crippen LogP contribution in [-0.4, -0.2) is 46.7 Å². The standard InChI is InChI=1S/C16H25NO4/c18-15(14-7-3-4-10-21-14)17-12-6-2-1-5-11(12)8-9-13(17)16(19)20/h11-14H,1-10H2,(H,19,20). The van der Waals surface area contributed by atoms with Gasteiger partial charge >= 0.3 is 5.97 Å². The van der Waals surface area contributed by atoms with Gasteiger partial charge in [-0.25, -0.2) is 4.79 Å². The van der Waals surface area contributed by atoms with Crippen LogP contribution in [0.1, 0.15) is 57.8 Å². The van der Waals surface area contributed by atoms with E-state index < -0.39 is 18.1 Å². The van der Waals surface area contributed by atoms with E-state index in [1.165, 1.54) is 6.42 Å². The molecular weight excluding hydrogens is 270 g/mol. The molecule has 0 aromatic rings. The maximum atomic E-state index is 12.9. The quantitative estimate of drug-likeness (QED) is 0.848. The number of amides is 1. The number of likely N-dealkylation sites (tertiary alicyclic amines) is 1. The van der Waals surface area contributed by atoms with Gasteiger partial charge in [0, 0.05) is 12.6 Å². The van der Waals surface area contributed by atoms with Crippen LogP contribution in [0.5, 0.6) is 0 Å². The van der Waals surface area contributed by atoms with Gasteiger partial charge in [-0.1, -0.05) is 12.8 Å². The molecule has 0 spiro atoms. The van der Waals surface area contributed by atoms with Crippen molar-refractivity contribution in [2.45, 2.75) is 76.0 Å². The van der Waals surface area contributed by atoms with Crippen LogP contribution in [0.3, 0.4) is 0 Å². The van der Waals surface area contributed by atoms with Crippen molar-refractivity contribution in [1.82, 2.24) is 4.90 Å². The minimum Gasteiger partial charge on any atom is -0.480 e. The predicted molar refractivity (Wildman–Crippen MR) is 76.8 cm³/mol. The first-order chi connectivity index (χ1) is 10.2. The summed E-state index contributed by atoms with van der Waals surface area (Å²) in [5.41, 5.74) is 0. The Kier molecular flexibility index (Phi) is 4.48. The second-order valence-corrected chi connectivity index (χ2v) is 6.64. The Bertz CT molecular complexity index is 405. The van der Waals surface area contributed by atoms with Gasteiger partial charge in [0.1, 0.15) is 12.1 Å². The second kappa shape index (κ2) is 6.34. The number of hydrogen-bond donors (Lipinski definition) is 1. The molecule has 1 N–H and O–H groups in total.